The van der Waals surface area contributed by atoms with E-state index in [1.807, 2.05) is 48.5 Å². The van der Waals surface area contributed by atoms with Crippen molar-refractivity contribution in [3.8, 4) is 11.5 Å². The van der Waals surface area contributed by atoms with Crippen LogP contribution in [-0.4, -0.2) is 40.5 Å². The Bertz CT molecular complexity index is 2030. The molecule has 0 aliphatic heterocycles. The summed E-state index contributed by atoms with van der Waals surface area (Å²) >= 11 is 1.47. The van der Waals surface area contributed by atoms with E-state index in [4.69, 9.17) is 19.6 Å². The molecule has 2 saturated carbocycles. The third-order valence-electron chi connectivity index (χ3n) is 12.0. The van der Waals surface area contributed by atoms with Gasteiger partial charge in [0, 0.05) is 11.1 Å². The van der Waals surface area contributed by atoms with Crippen molar-refractivity contribution in [2.24, 2.45) is 16.9 Å². The third-order valence-corrected chi connectivity index (χ3v) is 13.0. The van der Waals surface area contributed by atoms with Crippen molar-refractivity contribution >= 4 is 38.9 Å². The highest BCUT2D eigenvalue weighted by Crippen LogP contribution is 2.39. The average molecular weight is 788 g/mol. The molecule has 2 aliphatic carbocycles. The molecule has 57 heavy (non-hydrogen) atoms. The lowest BCUT2D eigenvalue weighted by Gasteiger charge is -2.28. The van der Waals surface area contributed by atoms with Crippen LogP contribution in [-0.2, 0) is 0 Å². The summed E-state index contributed by atoms with van der Waals surface area (Å²) in [6.45, 7) is 4.61. The molecule has 0 amide bonds. The second kappa shape index (κ2) is 19.7. The van der Waals surface area contributed by atoms with E-state index < -0.39 is 12.3 Å². The number of aromatic nitrogens is 1. The lowest BCUT2D eigenvalue weighted by Crippen LogP contribution is -2.20. The largest absolute Gasteiger partial charge is 0.461 e. The standard InChI is InChI=1S/C48H57N3O5S/c1-3-7-33-11-15-35(16-12-33)37-19-23-39(24-20-37)46(53)55-42-27-28-44(41(31-42)32-49-51(29-30-52)48-50-43-9-5-6-10-45(43)57-48)56-47(54)40-25-21-38(22-26-40)36-17-13-34(8-4-2)14-18-36/h5-6,9-10,19-28,31-36,46,52-53H,3-4,7-8,11-18,29-30H2,1-2H3/b49-32+. The SMILES string of the molecule is CCCC1CCC(c2ccc(C(=O)Oc3ccc(OC(O)c4ccc(C5CCC(CCC)CC5)cc4)cc3/C=N/N(CCO)c3nc4ccccc4s3)cc2)CC1. The molecule has 5 aromatic rings. The third kappa shape index (κ3) is 10.5. The highest BCUT2D eigenvalue weighted by atomic mass is 32.1. The quantitative estimate of drug-likeness (QED) is 0.0337. The summed E-state index contributed by atoms with van der Waals surface area (Å²) in [5, 5.41) is 28.1. The summed E-state index contributed by atoms with van der Waals surface area (Å²) in [7, 11) is 0. The molecule has 4 aromatic carbocycles. The van der Waals surface area contributed by atoms with Gasteiger partial charge < -0.3 is 19.7 Å². The highest BCUT2D eigenvalue weighted by Gasteiger charge is 2.24. The number of rotatable bonds is 16. The number of fused-ring (bicyclic) bond motifs is 1. The van der Waals surface area contributed by atoms with Crippen molar-refractivity contribution in [3.63, 3.8) is 0 Å². The summed E-state index contributed by atoms with van der Waals surface area (Å²) in [4.78, 5) is 18.3. The van der Waals surface area contributed by atoms with E-state index >= 15 is 0 Å². The fraction of sp³-hybridized carbons (Fsp3) is 0.438. The molecule has 0 saturated heterocycles. The van der Waals surface area contributed by atoms with Crippen LogP contribution >= 0.6 is 11.3 Å². The van der Waals surface area contributed by atoms with Gasteiger partial charge in [-0.25, -0.2) is 14.8 Å². The zero-order valence-electron chi connectivity index (χ0n) is 33.4. The Morgan fingerprint density at radius 3 is 2.05 bits per heavy atom. The molecular weight excluding hydrogens is 731 g/mol. The number of carbonyl (C=O) groups is 1. The number of para-hydroxylation sites is 1. The number of esters is 1. The Morgan fingerprint density at radius 2 is 1.46 bits per heavy atom. The lowest BCUT2D eigenvalue weighted by atomic mass is 9.77. The van der Waals surface area contributed by atoms with Gasteiger partial charge in [-0.15, -0.1) is 0 Å². The second-order valence-electron chi connectivity index (χ2n) is 15.9. The van der Waals surface area contributed by atoms with E-state index in [0.29, 0.717) is 39.4 Å². The maximum atomic E-state index is 13.6. The topological polar surface area (TPSA) is 104 Å². The molecule has 2 fully saturated rings. The predicted octanol–water partition coefficient (Wildman–Crippen LogP) is 11.6. The summed E-state index contributed by atoms with van der Waals surface area (Å²) in [6.07, 6.45) is 15.4. The average Bonchev–Trinajstić information content (AvgIpc) is 3.68. The van der Waals surface area contributed by atoms with Crippen molar-refractivity contribution < 1.29 is 24.5 Å². The van der Waals surface area contributed by atoms with E-state index in [9.17, 15) is 15.0 Å². The zero-order valence-corrected chi connectivity index (χ0v) is 34.2. The molecule has 9 heteroatoms. The van der Waals surface area contributed by atoms with Crippen molar-refractivity contribution in [2.45, 2.75) is 109 Å². The van der Waals surface area contributed by atoms with Crippen LogP contribution in [0.4, 0.5) is 5.13 Å². The van der Waals surface area contributed by atoms with E-state index in [0.717, 1.165) is 22.1 Å². The lowest BCUT2D eigenvalue weighted by molar-refractivity contribution is -0.0195. The molecule has 7 rings (SSSR count). The number of carbonyl (C=O) groups excluding carboxylic acids is 1. The van der Waals surface area contributed by atoms with E-state index in [1.165, 1.54) is 99.5 Å². The molecule has 0 bridgehead atoms. The van der Waals surface area contributed by atoms with Crippen LogP contribution in [0.3, 0.4) is 0 Å². The Kier molecular flexibility index (Phi) is 14.1. The first-order chi connectivity index (χ1) is 27.9. The molecule has 1 aromatic heterocycles. The van der Waals surface area contributed by atoms with E-state index in [-0.39, 0.29) is 18.9 Å². The summed E-state index contributed by atoms with van der Waals surface area (Å²) in [5.41, 5.74) is 5.02. The first kappa shape index (κ1) is 40.6. The van der Waals surface area contributed by atoms with Crippen LogP contribution < -0.4 is 14.5 Å². The van der Waals surface area contributed by atoms with E-state index in [2.05, 4.69) is 38.1 Å². The molecule has 2 N–H and O–H groups in total. The second-order valence-corrected chi connectivity index (χ2v) is 16.9. The fourth-order valence-electron chi connectivity index (χ4n) is 8.76. The molecule has 1 unspecified atom stereocenters. The summed E-state index contributed by atoms with van der Waals surface area (Å²) in [5.74, 6) is 2.97. The monoisotopic (exact) mass is 787 g/mol. The number of thiazole rings is 1. The minimum Gasteiger partial charge on any atom is -0.461 e. The molecule has 8 nitrogen and oxygen atoms in total. The predicted molar refractivity (Wildman–Crippen MR) is 231 cm³/mol. The molecule has 0 radical (unpaired) electrons. The minimum atomic E-state index is -1.20. The molecule has 0 spiro atoms. The van der Waals surface area contributed by atoms with Gasteiger partial charge in [0.05, 0.1) is 35.1 Å². The van der Waals surface area contributed by atoms with Crippen molar-refractivity contribution in [1.82, 2.24) is 4.98 Å². The first-order valence-corrected chi connectivity index (χ1v) is 21.9. The van der Waals surface area contributed by atoms with Gasteiger partial charge >= 0.3 is 5.97 Å². The van der Waals surface area contributed by atoms with Crippen LogP contribution in [0.5, 0.6) is 11.5 Å². The number of ether oxygens (including phenoxy) is 2. The molecule has 1 heterocycles. The fourth-order valence-corrected chi connectivity index (χ4v) is 9.71. The number of hydrogen-bond donors (Lipinski definition) is 2. The smallest absolute Gasteiger partial charge is 0.343 e. The van der Waals surface area contributed by atoms with Gasteiger partial charge in [-0.3, -0.25) is 0 Å². The number of anilines is 1. The Labute approximate surface area is 341 Å². The van der Waals surface area contributed by atoms with Crippen LogP contribution in [0.15, 0.2) is 96.1 Å². The van der Waals surface area contributed by atoms with Crippen LogP contribution in [0.2, 0.25) is 0 Å². The van der Waals surface area contributed by atoms with E-state index in [1.54, 1.807) is 29.4 Å². The Morgan fingerprint density at radius 1 is 0.842 bits per heavy atom. The number of hydrogen-bond acceptors (Lipinski definition) is 9. The van der Waals surface area contributed by atoms with Gasteiger partial charge in [-0.1, -0.05) is 99.4 Å². The van der Waals surface area contributed by atoms with Gasteiger partial charge in [-0.2, -0.15) is 5.10 Å². The van der Waals surface area contributed by atoms with Crippen LogP contribution in [0, 0.1) is 11.8 Å². The number of benzene rings is 4. The maximum Gasteiger partial charge on any atom is 0.343 e. The van der Waals surface area contributed by atoms with Gasteiger partial charge in [0.1, 0.15) is 11.5 Å². The minimum absolute atomic E-state index is 0.139. The van der Waals surface area contributed by atoms with Crippen molar-refractivity contribution in [1.29, 1.82) is 0 Å². The Balaban J connectivity index is 1.08. The number of aliphatic hydroxyl groups is 2. The maximum absolute atomic E-state index is 13.6. The van der Waals surface area contributed by atoms with Crippen LogP contribution in [0.25, 0.3) is 10.2 Å². The highest BCUT2D eigenvalue weighted by molar-refractivity contribution is 7.22. The van der Waals surface area contributed by atoms with Gasteiger partial charge in [0.2, 0.25) is 11.4 Å². The normalized spacial score (nSPS) is 20.4. The van der Waals surface area contributed by atoms with Crippen LogP contribution in [0.1, 0.15) is 142 Å². The number of aliphatic hydroxyl groups excluding tert-OH is 2. The molecule has 1 atom stereocenters. The molecular formula is C48H57N3O5S. The zero-order chi connectivity index (χ0) is 39.6. The molecule has 300 valence electrons. The van der Waals surface area contributed by atoms with Gasteiger partial charge in [0.15, 0.2) is 0 Å². The summed E-state index contributed by atoms with van der Waals surface area (Å²) in [6, 6.07) is 28.9. The van der Waals surface area contributed by atoms with Gasteiger partial charge in [-0.05, 0) is 129 Å². The summed E-state index contributed by atoms with van der Waals surface area (Å²) < 4.78 is 13.1. The van der Waals surface area contributed by atoms with Crippen molar-refractivity contribution in [2.75, 3.05) is 18.2 Å². The first-order valence-electron chi connectivity index (χ1n) is 21.1. The van der Waals surface area contributed by atoms with Gasteiger partial charge in [0.25, 0.3) is 0 Å². The number of nitrogens with zero attached hydrogens (tertiary/aromatic N) is 3. The van der Waals surface area contributed by atoms with Crippen molar-refractivity contribution in [3.05, 3.63) is 119 Å². The molecule has 2 aliphatic rings. The number of hydrazone groups is 1. The Hall–Kier alpha value is -4.57.